The van der Waals surface area contributed by atoms with E-state index in [2.05, 4.69) is 16.6 Å². The molecule has 0 aromatic heterocycles. The van der Waals surface area contributed by atoms with Crippen LogP contribution in [0.3, 0.4) is 0 Å². The number of terminal acetylenes is 1. The first kappa shape index (κ1) is 22.0. The minimum absolute atomic E-state index is 0.106. The van der Waals surface area contributed by atoms with Crippen molar-refractivity contribution in [1.82, 2.24) is 15.5 Å². The Morgan fingerprint density at radius 1 is 1.10 bits per heavy atom. The van der Waals surface area contributed by atoms with Crippen molar-refractivity contribution in [1.29, 1.82) is 0 Å². The minimum atomic E-state index is -0.695. The van der Waals surface area contributed by atoms with Crippen LogP contribution in [0.15, 0.2) is 24.3 Å². The van der Waals surface area contributed by atoms with Crippen LogP contribution in [0.2, 0.25) is 0 Å². The van der Waals surface area contributed by atoms with Crippen molar-refractivity contribution in [3.8, 4) is 18.1 Å². The first-order chi connectivity index (χ1) is 14.6. The standard InChI is InChI=1S/C23H31N3O4/c1-2-15-30-19-12-10-17(11-13-19)22(28)25-20-16-26(14-6-9-21(20)27)23(29)24-18-7-4-3-5-8-18/h1,10-13,18,20-21,27H,3-9,14-16H2,(H,24,29)(H,25,28)/t20-,21+/m0/s1. The van der Waals surface area contributed by atoms with Crippen molar-refractivity contribution in [2.45, 2.75) is 63.1 Å². The number of carbonyl (C=O) groups is 2. The molecule has 1 saturated heterocycles. The van der Waals surface area contributed by atoms with Gasteiger partial charge in [-0.05, 0) is 49.9 Å². The number of ether oxygens (including phenoxy) is 1. The van der Waals surface area contributed by atoms with E-state index in [-0.39, 0.29) is 31.1 Å². The van der Waals surface area contributed by atoms with Crippen molar-refractivity contribution in [2.75, 3.05) is 19.7 Å². The van der Waals surface area contributed by atoms with Crippen LogP contribution in [0.1, 0.15) is 55.3 Å². The SMILES string of the molecule is C#CCOc1ccc(C(=O)N[C@H]2CN(C(=O)NC3CCCCC3)CCC[C@H]2O)cc1. The number of rotatable bonds is 5. The smallest absolute Gasteiger partial charge is 0.317 e. The molecule has 3 N–H and O–H groups in total. The molecule has 1 aromatic rings. The quantitative estimate of drug-likeness (QED) is 0.646. The summed E-state index contributed by atoms with van der Waals surface area (Å²) < 4.78 is 5.32. The fraction of sp³-hybridized carbons (Fsp3) is 0.565. The van der Waals surface area contributed by atoms with E-state index >= 15 is 0 Å². The van der Waals surface area contributed by atoms with Crippen molar-refractivity contribution in [2.24, 2.45) is 0 Å². The molecule has 30 heavy (non-hydrogen) atoms. The molecular formula is C23H31N3O4. The Bertz CT molecular complexity index is 753. The number of aliphatic hydroxyl groups excluding tert-OH is 1. The van der Waals surface area contributed by atoms with Gasteiger partial charge in [-0.3, -0.25) is 4.79 Å². The molecule has 162 valence electrons. The van der Waals surface area contributed by atoms with Crippen LogP contribution in [0, 0.1) is 12.3 Å². The van der Waals surface area contributed by atoms with Crippen molar-refractivity contribution in [3.63, 3.8) is 0 Å². The molecule has 1 aliphatic heterocycles. The molecule has 2 aliphatic rings. The van der Waals surface area contributed by atoms with Gasteiger partial charge in [-0.1, -0.05) is 25.2 Å². The normalized spacial score (nSPS) is 22.5. The first-order valence-corrected chi connectivity index (χ1v) is 10.8. The Kier molecular flexibility index (Phi) is 7.97. The van der Waals surface area contributed by atoms with E-state index < -0.39 is 12.1 Å². The monoisotopic (exact) mass is 413 g/mol. The van der Waals surface area contributed by atoms with Crippen molar-refractivity contribution < 1.29 is 19.4 Å². The zero-order valence-corrected chi connectivity index (χ0v) is 17.3. The molecule has 0 unspecified atom stereocenters. The van der Waals surface area contributed by atoms with Crippen LogP contribution in [-0.2, 0) is 0 Å². The Hall–Kier alpha value is -2.72. The highest BCUT2D eigenvalue weighted by molar-refractivity contribution is 5.94. The summed E-state index contributed by atoms with van der Waals surface area (Å²) >= 11 is 0. The van der Waals surface area contributed by atoms with Gasteiger partial charge in [-0.15, -0.1) is 6.42 Å². The topological polar surface area (TPSA) is 90.9 Å². The van der Waals surface area contributed by atoms with Crippen LogP contribution in [0.25, 0.3) is 0 Å². The highest BCUT2D eigenvalue weighted by Gasteiger charge is 2.30. The summed E-state index contributed by atoms with van der Waals surface area (Å²) in [7, 11) is 0. The molecule has 3 rings (SSSR count). The Balaban J connectivity index is 1.58. The average Bonchev–Trinajstić information content (AvgIpc) is 2.95. The molecule has 7 nitrogen and oxygen atoms in total. The lowest BCUT2D eigenvalue weighted by Crippen LogP contribution is -2.53. The van der Waals surface area contributed by atoms with Gasteiger partial charge in [0.25, 0.3) is 5.91 Å². The lowest BCUT2D eigenvalue weighted by Gasteiger charge is -2.30. The van der Waals surface area contributed by atoms with Gasteiger partial charge in [0.05, 0.1) is 12.1 Å². The Labute approximate surface area is 178 Å². The molecule has 1 heterocycles. The molecule has 1 aromatic carbocycles. The number of nitrogens with zero attached hydrogens (tertiary/aromatic N) is 1. The van der Waals surface area contributed by atoms with Crippen molar-refractivity contribution in [3.05, 3.63) is 29.8 Å². The number of amides is 3. The number of carbonyl (C=O) groups excluding carboxylic acids is 2. The van der Waals surface area contributed by atoms with Gasteiger partial charge in [-0.2, -0.15) is 0 Å². The second kappa shape index (κ2) is 10.9. The van der Waals surface area contributed by atoms with Crippen LogP contribution < -0.4 is 15.4 Å². The molecular weight excluding hydrogens is 382 g/mol. The Morgan fingerprint density at radius 2 is 1.83 bits per heavy atom. The van der Waals surface area contributed by atoms with Gasteiger partial charge >= 0.3 is 6.03 Å². The van der Waals surface area contributed by atoms with Crippen LogP contribution in [0.4, 0.5) is 4.79 Å². The lowest BCUT2D eigenvalue weighted by molar-refractivity contribution is 0.0808. The number of aliphatic hydroxyl groups is 1. The number of urea groups is 1. The van der Waals surface area contributed by atoms with Gasteiger partial charge < -0.3 is 25.4 Å². The molecule has 0 bridgehead atoms. The summed E-state index contributed by atoms with van der Waals surface area (Å²) in [5, 5.41) is 16.5. The predicted octanol–water partition coefficient (Wildman–Crippen LogP) is 2.30. The van der Waals surface area contributed by atoms with Crippen molar-refractivity contribution >= 4 is 11.9 Å². The summed E-state index contributed by atoms with van der Waals surface area (Å²) in [5.41, 5.74) is 0.456. The number of likely N-dealkylation sites (tertiary alicyclic amines) is 1. The highest BCUT2D eigenvalue weighted by atomic mass is 16.5. The molecule has 1 aliphatic carbocycles. The second-order valence-electron chi connectivity index (χ2n) is 8.04. The number of nitrogens with one attached hydrogen (secondary N) is 2. The van der Waals surface area contributed by atoms with Gasteiger partial charge in [0.1, 0.15) is 12.4 Å². The fourth-order valence-corrected chi connectivity index (χ4v) is 4.06. The zero-order valence-electron chi connectivity index (χ0n) is 17.3. The molecule has 3 amide bonds. The molecule has 2 fully saturated rings. The number of hydrogen-bond acceptors (Lipinski definition) is 4. The van der Waals surface area contributed by atoms with Gasteiger partial charge in [-0.25, -0.2) is 4.79 Å². The zero-order chi connectivity index (χ0) is 21.3. The second-order valence-corrected chi connectivity index (χ2v) is 8.04. The molecule has 2 atom stereocenters. The summed E-state index contributed by atoms with van der Waals surface area (Å²) in [6.45, 7) is 1.02. The summed E-state index contributed by atoms with van der Waals surface area (Å²) in [4.78, 5) is 27.1. The first-order valence-electron chi connectivity index (χ1n) is 10.8. The molecule has 7 heteroatoms. The average molecular weight is 414 g/mol. The highest BCUT2D eigenvalue weighted by Crippen LogP contribution is 2.19. The maximum atomic E-state index is 12.7. The number of hydrogen-bond donors (Lipinski definition) is 3. The van der Waals surface area contributed by atoms with E-state index in [9.17, 15) is 14.7 Å². The van der Waals surface area contributed by atoms with E-state index in [0.29, 0.717) is 30.7 Å². The summed E-state index contributed by atoms with van der Waals surface area (Å²) in [6, 6.07) is 6.26. The van der Waals surface area contributed by atoms with E-state index in [1.54, 1.807) is 29.2 Å². The van der Waals surface area contributed by atoms with E-state index in [0.717, 1.165) is 25.7 Å². The predicted molar refractivity (Wildman–Crippen MR) is 114 cm³/mol. The van der Waals surface area contributed by atoms with E-state index in [4.69, 9.17) is 11.2 Å². The molecule has 1 saturated carbocycles. The van der Waals surface area contributed by atoms with Crippen LogP contribution >= 0.6 is 0 Å². The summed E-state index contributed by atoms with van der Waals surface area (Å²) in [6.07, 6.45) is 11.3. The molecule has 0 radical (unpaired) electrons. The van der Waals surface area contributed by atoms with E-state index in [1.807, 2.05) is 0 Å². The largest absolute Gasteiger partial charge is 0.481 e. The molecule has 0 spiro atoms. The number of benzene rings is 1. The van der Waals surface area contributed by atoms with Gasteiger partial charge in [0, 0.05) is 24.7 Å². The van der Waals surface area contributed by atoms with Gasteiger partial charge in [0.15, 0.2) is 0 Å². The van der Waals surface area contributed by atoms with Gasteiger partial charge in [0.2, 0.25) is 0 Å². The lowest BCUT2D eigenvalue weighted by atomic mass is 9.96. The fourth-order valence-electron chi connectivity index (χ4n) is 4.06. The maximum Gasteiger partial charge on any atom is 0.317 e. The Morgan fingerprint density at radius 3 is 2.53 bits per heavy atom. The minimum Gasteiger partial charge on any atom is -0.481 e. The van der Waals surface area contributed by atoms with Crippen LogP contribution in [-0.4, -0.2) is 59.8 Å². The van der Waals surface area contributed by atoms with Crippen LogP contribution in [0.5, 0.6) is 5.75 Å². The van der Waals surface area contributed by atoms with E-state index in [1.165, 1.54) is 6.42 Å². The third kappa shape index (κ3) is 6.14. The third-order valence-electron chi connectivity index (χ3n) is 5.78. The summed E-state index contributed by atoms with van der Waals surface area (Å²) in [5.74, 6) is 2.68. The maximum absolute atomic E-state index is 12.7. The third-order valence-corrected chi connectivity index (χ3v) is 5.78.